The second-order valence-electron chi connectivity index (χ2n) is 3.10. The Bertz CT molecular complexity index is 446. The Hall–Kier alpha value is -1.28. The van der Waals surface area contributed by atoms with Gasteiger partial charge in [-0.1, -0.05) is 41.9 Å². The highest BCUT2D eigenvalue weighted by molar-refractivity contribution is 6.33. The van der Waals surface area contributed by atoms with Gasteiger partial charge in [0.05, 0.1) is 10.7 Å². The van der Waals surface area contributed by atoms with Gasteiger partial charge in [0.25, 0.3) is 0 Å². The number of nitrogens with zero attached hydrogens (tertiary/aromatic N) is 2. The number of hydrogen-bond acceptors (Lipinski definition) is 1. The van der Waals surface area contributed by atoms with Gasteiger partial charge in [0.1, 0.15) is 5.69 Å². The Morgan fingerprint density at radius 1 is 1.29 bits per heavy atom. The maximum absolute atomic E-state index is 6.10. The van der Waals surface area contributed by atoms with Crippen molar-refractivity contribution in [3.63, 3.8) is 0 Å². The van der Waals surface area contributed by atoms with Crippen LogP contribution in [0.25, 0.3) is 11.3 Å². The molecule has 2 aromatic rings. The number of rotatable bonds is 1. The average molecular weight is 206 g/mol. The molecule has 14 heavy (non-hydrogen) atoms. The number of aryl methyl sites for hydroxylation is 1. The summed E-state index contributed by atoms with van der Waals surface area (Å²) in [6.45, 7) is 3.83. The first-order valence-corrected chi connectivity index (χ1v) is 4.68. The SMILES string of the molecule is [CH2]c1c(Cl)c(-c2ccccc2)nn1C. The zero-order valence-corrected chi connectivity index (χ0v) is 8.62. The van der Waals surface area contributed by atoms with Gasteiger partial charge in [-0.3, -0.25) is 4.68 Å². The lowest BCUT2D eigenvalue weighted by atomic mass is 10.1. The molecule has 0 aliphatic carbocycles. The van der Waals surface area contributed by atoms with E-state index in [0.29, 0.717) is 5.02 Å². The minimum absolute atomic E-state index is 0.624. The average Bonchev–Trinajstić information content (AvgIpc) is 2.47. The van der Waals surface area contributed by atoms with Crippen LogP contribution in [0, 0.1) is 6.92 Å². The van der Waals surface area contributed by atoms with E-state index < -0.39 is 0 Å². The van der Waals surface area contributed by atoms with Crippen LogP contribution in [-0.4, -0.2) is 9.78 Å². The van der Waals surface area contributed by atoms with Crippen LogP contribution in [0.15, 0.2) is 30.3 Å². The molecule has 0 atom stereocenters. The molecule has 0 saturated carbocycles. The van der Waals surface area contributed by atoms with E-state index in [-0.39, 0.29) is 0 Å². The summed E-state index contributed by atoms with van der Waals surface area (Å²) in [5.74, 6) is 0. The molecule has 1 aromatic heterocycles. The molecule has 1 radical (unpaired) electrons. The minimum atomic E-state index is 0.624. The molecule has 1 aromatic carbocycles. The summed E-state index contributed by atoms with van der Waals surface area (Å²) in [4.78, 5) is 0. The van der Waals surface area contributed by atoms with Gasteiger partial charge in [0.2, 0.25) is 0 Å². The van der Waals surface area contributed by atoms with E-state index in [2.05, 4.69) is 12.0 Å². The maximum atomic E-state index is 6.10. The van der Waals surface area contributed by atoms with Gasteiger partial charge in [-0.25, -0.2) is 0 Å². The quantitative estimate of drug-likeness (QED) is 0.700. The van der Waals surface area contributed by atoms with Gasteiger partial charge in [0.15, 0.2) is 0 Å². The minimum Gasteiger partial charge on any atom is -0.270 e. The molecule has 3 heteroatoms. The third-order valence-corrected chi connectivity index (χ3v) is 2.55. The summed E-state index contributed by atoms with van der Waals surface area (Å²) in [5.41, 5.74) is 2.55. The van der Waals surface area contributed by atoms with Crippen LogP contribution in [0.3, 0.4) is 0 Å². The van der Waals surface area contributed by atoms with E-state index in [4.69, 9.17) is 11.6 Å². The lowest BCUT2D eigenvalue weighted by molar-refractivity contribution is 0.756. The summed E-state index contributed by atoms with van der Waals surface area (Å²) in [7, 11) is 1.83. The van der Waals surface area contributed by atoms with E-state index >= 15 is 0 Å². The van der Waals surface area contributed by atoms with Crippen LogP contribution in [0.2, 0.25) is 5.02 Å². The number of halogens is 1. The van der Waals surface area contributed by atoms with Crippen LogP contribution < -0.4 is 0 Å². The van der Waals surface area contributed by atoms with Gasteiger partial charge < -0.3 is 0 Å². The summed E-state index contributed by atoms with van der Waals surface area (Å²) < 4.78 is 1.69. The Balaban J connectivity index is 2.58. The van der Waals surface area contributed by atoms with Crippen LogP contribution in [0.4, 0.5) is 0 Å². The summed E-state index contributed by atoms with van der Waals surface area (Å²) in [6, 6.07) is 9.85. The van der Waals surface area contributed by atoms with Gasteiger partial charge in [-0.05, 0) is 6.92 Å². The van der Waals surface area contributed by atoms with Crippen molar-refractivity contribution in [2.75, 3.05) is 0 Å². The summed E-state index contributed by atoms with van der Waals surface area (Å²) >= 11 is 6.10. The molecule has 0 bridgehead atoms. The fourth-order valence-corrected chi connectivity index (χ4v) is 1.58. The molecule has 0 fully saturated rings. The highest BCUT2D eigenvalue weighted by atomic mass is 35.5. The molecule has 2 nitrogen and oxygen atoms in total. The number of benzene rings is 1. The number of hydrogen-bond donors (Lipinski definition) is 0. The fraction of sp³-hybridized carbons (Fsp3) is 0.0909. The summed E-state index contributed by atoms with van der Waals surface area (Å²) in [5, 5.41) is 4.93. The molecule has 0 saturated heterocycles. The van der Waals surface area contributed by atoms with Crippen molar-refractivity contribution in [2.45, 2.75) is 0 Å². The highest BCUT2D eigenvalue weighted by Gasteiger charge is 2.11. The lowest BCUT2D eigenvalue weighted by Gasteiger charge is -1.95. The van der Waals surface area contributed by atoms with Crippen molar-refractivity contribution in [1.82, 2.24) is 9.78 Å². The third-order valence-electron chi connectivity index (χ3n) is 2.15. The molecular formula is C11H10ClN2. The van der Waals surface area contributed by atoms with Crippen molar-refractivity contribution >= 4 is 11.6 Å². The predicted octanol–water partition coefficient (Wildman–Crippen LogP) is 2.92. The first-order valence-electron chi connectivity index (χ1n) is 4.30. The van der Waals surface area contributed by atoms with Gasteiger partial charge >= 0.3 is 0 Å². The van der Waals surface area contributed by atoms with Crippen molar-refractivity contribution in [1.29, 1.82) is 0 Å². The van der Waals surface area contributed by atoms with Crippen LogP contribution in [0.5, 0.6) is 0 Å². The monoisotopic (exact) mass is 205 g/mol. The zero-order valence-electron chi connectivity index (χ0n) is 7.87. The molecule has 71 valence electrons. The topological polar surface area (TPSA) is 17.8 Å². The van der Waals surface area contributed by atoms with E-state index in [0.717, 1.165) is 17.0 Å². The summed E-state index contributed by atoms with van der Waals surface area (Å²) in [6.07, 6.45) is 0. The van der Waals surface area contributed by atoms with E-state index in [1.54, 1.807) is 4.68 Å². The second-order valence-corrected chi connectivity index (χ2v) is 3.48. The van der Waals surface area contributed by atoms with E-state index in [1.165, 1.54) is 0 Å². The molecule has 2 rings (SSSR count). The van der Waals surface area contributed by atoms with Crippen molar-refractivity contribution in [3.8, 4) is 11.3 Å². The third kappa shape index (κ3) is 1.42. The Morgan fingerprint density at radius 3 is 2.43 bits per heavy atom. The molecule has 0 aliphatic rings. The maximum Gasteiger partial charge on any atom is 0.111 e. The van der Waals surface area contributed by atoms with Crippen LogP contribution >= 0.6 is 11.6 Å². The molecule has 0 unspecified atom stereocenters. The van der Waals surface area contributed by atoms with Crippen molar-refractivity contribution in [2.24, 2.45) is 7.05 Å². The first kappa shape index (κ1) is 9.28. The predicted molar refractivity (Wildman–Crippen MR) is 58.1 cm³/mol. The Morgan fingerprint density at radius 2 is 1.93 bits per heavy atom. The number of aromatic nitrogens is 2. The molecular weight excluding hydrogens is 196 g/mol. The molecule has 0 spiro atoms. The highest BCUT2D eigenvalue weighted by Crippen LogP contribution is 2.28. The normalized spacial score (nSPS) is 10.5. The fourth-order valence-electron chi connectivity index (χ4n) is 1.31. The lowest BCUT2D eigenvalue weighted by Crippen LogP contribution is -1.92. The van der Waals surface area contributed by atoms with E-state index in [9.17, 15) is 0 Å². The smallest absolute Gasteiger partial charge is 0.111 e. The molecule has 0 amide bonds. The molecule has 1 heterocycles. The molecule has 0 aliphatic heterocycles. The Labute approximate surface area is 88.1 Å². The van der Waals surface area contributed by atoms with Crippen LogP contribution in [-0.2, 0) is 7.05 Å². The van der Waals surface area contributed by atoms with Gasteiger partial charge in [0, 0.05) is 12.6 Å². The largest absolute Gasteiger partial charge is 0.270 e. The first-order chi connectivity index (χ1) is 6.70. The van der Waals surface area contributed by atoms with E-state index in [1.807, 2.05) is 37.4 Å². The second kappa shape index (κ2) is 3.46. The molecule has 0 N–H and O–H groups in total. The standard InChI is InChI=1S/C11H10ClN2/c1-8-10(12)11(13-14(8)2)9-6-4-3-5-7-9/h3-7H,1H2,2H3. The zero-order chi connectivity index (χ0) is 10.1. The van der Waals surface area contributed by atoms with Gasteiger partial charge in [-0.15, -0.1) is 0 Å². The van der Waals surface area contributed by atoms with Crippen molar-refractivity contribution < 1.29 is 0 Å². The van der Waals surface area contributed by atoms with Gasteiger partial charge in [-0.2, -0.15) is 5.10 Å². The van der Waals surface area contributed by atoms with Crippen molar-refractivity contribution in [3.05, 3.63) is 48.0 Å². The Kier molecular flexibility index (Phi) is 2.30. The van der Waals surface area contributed by atoms with Crippen LogP contribution in [0.1, 0.15) is 5.69 Å².